The Balaban J connectivity index is 0.000000355. The Morgan fingerprint density at radius 2 is 1.42 bits per heavy atom. The number of likely N-dealkylation sites (tertiary alicyclic amines) is 1. The van der Waals surface area contributed by atoms with Crippen LogP contribution in [0.4, 0.5) is 52.7 Å². The molecule has 1 saturated heterocycles. The van der Waals surface area contributed by atoms with Crippen LogP contribution in [0.15, 0.2) is 43.1 Å². The molecule has 0 aromatic carbocycles. The molecule has 28 heteroatoms. The monoisotopic (exact) mass is 933 g/mol. The van der Waals surface area contributed by atoms with Crippen LogP contribution in [-0.4, -0.2) is 118 Å². The Hall–Kier alpha value is -6.24. The van der Waals surface area contributed by atoms with Crippen molar-refractivity contribution in [1.82, 2.24) is 39.9 Å². The Labute approximate surface area is 351 Å². The lowest BCUT2D eigenvalue weighted by Crippen LogP contribution is -2.65. The minimum atomic E-state index is -5.08. The van der Waals surface area contributed by atoms with Crippen molar-refractivity contribution in [3.05, 3.63) is 54.4 Å². The van der Waals surface area contributed by atoms with Gasteiger partial charge in [0.25, 0.3) is 0 Å². The number of halogens is 12. The van der Waals surface area contributed by atoms with Crippen molar-refractivity contribution in [2.45, 2.75) is 99.9 Å². The molecule has 7 rings (SSSR count). The normalized spacial score (nSPS) is 18.7. The molecule has 4 aromatic rings. The third kappa shape index (κ3) is 14.1. The van der Waals surface area contributed by atoms with Gasteiger partial charge in [-0.15, -0.1) is 0 Å². The molecule has 0 amide bonds. The number of aliphatic carboxylic acids is 3. The van der Waals surface area contributed by atoms with E-state index in [2.05, 4.69) is 41.3 Å². The van der Waals surface area contributed by atoms with Crippen LogP contribution in [0, 0.1) is 11.3 Å². The highest BCUT2D eigenvalue weighted by atomic mass is 19.4. The lowest BCUT2D eigenvalue weighted by molar-refractivity contribution is -0.193. The molecule has 1 aliphatic heterocycles. The van der Waals surface area contributed by atoms with Gasteiger partial charge in [-0.2, -0.15) is 63.0 Å². The van der Waals surface area contributed by atoms with E-state index in [9.17, 15) is 57.9 Å². The SMILES string of the molecule is N#CCC1(n2cc(-c3ncnc4[nH]ccc34)cn2)CN([C@H]2CC[C@@H](Oc3cc(CNC4CC4)cc(C(F)(F)F)n3)CC2)C1.O=C(O)C(F)(F)F.O=C(O)C(F)(F)F.O=C(O)C(F)(F)F. The number of pyridine rings is 1. The van der Waals surface area contributed by atoms with Crippen molar-refractivity contribution in [1.29, 1.82) is 5.26 Å². The van der Waals surface area contributed by atoms with Crippen LogP contribution in [0.1, 0.15) is 56.2 Å². The van der Waals surface area contributed by atoms with E-state index in [-0.39, 0.29) is 12.0 Å². The number of fused-ring (bicyclic) bond motifs is 1. The molecule has 350 valence electrons. The van der Waals surface area contributed by atoms with E-state index >= 15 is 0 Å². The van der Waals surface area contributed by atoms with Crippen LogP contribution in [0.3, 0.4) is 0 Å². The fraction of sp³-hybridized carbons (Fsp3) is 0.500. The number of carboxylic acid groups (broad SMARTS) is 3. The van der Waals surface area contributed by atoms with Crippen molar-refractivity contribution < 1.29 is 87.1 Å². The average molecular weight is 934 g/mol. The number of H-pyrrole nitrogens is 1. The largest absolute Gasteiger partial charge is 0.490 e. The van der Waals surface area contributed by atoms with E-state index in [0.717, 1.165) is 66.9 Å². The number of ether oxygens (including phenoxy) is 1. The summed E-state index contributed by atoms with van der Waals surface area (Å²) in [6, 6.07) is 7.72. The Morgan fingerprint density at radius 1 is 0.859 bits per heavy atom. The van der Waals surface area contributed by atoms with Crippen LogP contribution in [0.25, 0.3) is 22.3 Å². The van der Waals surface area contributed by atoms with E-state index < -0.39 is 53.8 Å². The highest BCUT2D eigenvalue weighted by Crippen LogP contribution is 2.39. The zero-order valence-corrected chi connectivity index (χ0v) is 32.5. The zero-order chi connectivity index (χ0) is 47.8. The van der Waals surface area contributed by atoms with Crippen LogP contribution in [0.5, 0.6) is 5.88 Å². The van der Waals surface area contributed by atoms with Gasteiger partial charge in [-0.05, 0) is 56.2 Å². The van der Waals surface area contributed by atoms with E-state index in [1.807, 2.05) is 23.1 Å². The minimum Gasteiger partial charge on any atom is -0.475 e. The molecule has 3 fully saturated rings. The number of aromatic amines is 1. The number of nitriles is 1. The second-order valence-corrected chi connectivity index (χ2v) is 14.4. The Morgan fingerprint density at radius 3 is 1.92 bits per heavy atom. The molecule has 4 aromatic heterocycles. The molecule has 16 nitrogen and oxygen atoms in total. The van der Waals surface area contributed by atoms with Crippen LogP contribution < -0.4 is 10.1 Å². The molecule has 0 spiro atoms. The van der Waals surface area contributed by atoms with Crippen LogP contribution in [-0.2, 0) is 32.6 Å². The molecule has 0 unspecified atom stereocenters. The number of rotatable bonds is 9. The number of hydrogen-bond acceptors (Lipinski definition) is 11. The predicted octanol–water partition coefficient (Wildman–Crippen LogP) is 6.70. The first-order chi connectivity index (χ1) is 29.6. The first-order valence-corrected chi connectivity index (χ1v) is 18.5. The minimum absolute atomic E-state index is 0.0398. The van der Waals surface area contributed by atoms with Crippen molar-refractivity contribution in [3.63, 3.8) is 0 Å². The maximum Gasteiger partial charge on any atom is 0.490 e. The van der Waals surface area contributed by atoms with Gasteiger partial charge >= 0.3 is 42.6 Å². The summed E-state index contributed by atoms with van der Waals surface area (Å²) in [6.45, 7) is 1.77. The summed E-state index contributed by atoms with van der Waals surface area (Å²) >= 11 is 0. The third-order valence-corrected chi connectivity index (χ3v) is 9.60. The molecule has 0 atom stereocenters. The van der Waals surface area contributed by atoms with Gasteiger partial charge in [0.2, 0.25) is 5.88 Å². The second-order valence-electron chi connectivity index (χ2n) is 14.4. The predicted molar refractivity (Wildman–Crippen MR) is 192 cm³/mol. The van der Waals surface area contributed by atoms with Gasteiger partial charge in [-0.25, -0.2) is 29.3 Å². The van der Waals surface area contributed by atoms with Gasteiger partial charge in [0.05, 0.1) is 24.4 Å². The van der Waals surface area contributed by atoms with Crippen molar-refractivity contribution in [3.8, 4) is 23.2 Å². The van der Waals surface area contributed by atoms with Crippen LogP contribution >= 0.6 is 0 Å². The molecule has 0 radical (unpaired) electrons. The van der Waals surface area contributed by atoms with Crippen molar-refractivity contribution >= 4 is 28.9 Å². The summed E-state index contributed by atoms with van der Waals surface area (Å²) in [5, 5.41) is 39.9. The van der Waals surface area contributed by atoms with Gasteiger partial charge in [0, 0.05) is 61.1 Å². The van der Waals surface area contributed by atoms with E-state index in [1.165, 1.54) is 6.33 Å². The molecule has 64 heavy (non-hydrogen) atoms. The lowest BCUT2D eigenvalue weighted by atomic mass is 9.82. The first kappa shape index (κ1) is 50.4. The Kier molecular flexibility index (Phi) is 15.8. The van der Waals surface area contributed by atoms with Gasteiger partial charge in [-0.3, -0.25) is 9.58 Å². The quantitative estimate of drug-likeness (QED) is 0.110. The number of alkyl halides is 12. The number of nitrogens with one attached hydrogen (secondary N) is 2. The lowest BCUT2D eigenvalue weighted by Gasteiger charge is -2.53. The zero-order valence-electron chi connectivity index (χ0n) is 32.5. The van der Waals surface area contributed by atoms with Crippen molar-refractivity contribution in [2.75, 3.05) is 13.1 Å². The maximum atomic E-state index is 13.5. The number of carbonyl (C=O) groups is 3. The summed E-state index contributed by atoms with van der Waals surface area (Å²) in [4.78, 5) is 44.7. The van der Waals surface area contributed by atoms with Crippen molar-refractivity contribution in [2.24, 2.45) is 0 Å². The fourth-order valence-corrected chi connectivity index (χ4v) is 6.38. The maximum absolute atomic E-state index is 13.5. The van der Waals surface area contributed by atoms with Gasteiger partial charge in [-0.1, -0.05) is 0 Å². The molecule has 5 N–H and O–H groups in total. The third-order valence-electron chi connectivity index (χ3n) is 9.60. The average Bonchev–Trinajstić information content (AvgIpc) is 3.64. The molecule has 5 heterocycles. The Bertz CT molecular complexity index is 2210. The standard InChI is InChI=1S/C30H32F3N9O.3C2HF3O2/c31-30(32,33)25-11-19(13-36-21-1-2-21)12-26(40-25)43-23-5-3-22(4-6-23)41-16-29(17-41,8-9-34)42-15-20(14-39-42)27-24-7-10-35-28(24)38-18-37-27;3*3-2(4,5)1(6)7/h7,10-12,14-15,18,21-23,36H,1-6,8,13,16-17H2,(H,35,37,38);3*(H,6,7)/t22-,23+;;;. The summed E-state index contributed by atoms with van der Waals surface area (Å²) in [6.07, 6.45) is -7.23. The number of nitrogens with zero attached hydrogens (tertiary/aromatic N) is 7. The summed E-state index contributed by atoms with van der Waals surface area (Å²) < 4.78 is 144. The summed E-state index contributed by atoms with van der Waals surface area (Å²) in [5.74, 6) is -8.23. The van der Waals surface area contributed by atoms with E-state index in [1.54, 1.807) is 12.3 Å². The molecule has 2 saturated carbocycles. The second kappa shape index (κ2) is 20.1. The smallest absolute Gasteiger partial charge is 0.475 e. The van der Waals surface area contributed by atoms with Crippen LogP contribution in [0.2, 0.25) is 0 Å². The number of aromatic nitrogens is 6. The number of hydrogen-bond donors (Lipinski definition) is 5. The first-order valence-electron chi connectivity index (χ1n) is 18.5. The highest BCUT2D eigenvalue weighted by molar-refractivity contribution is 5.90. The van der Waals surface area contributed by atoms with E-state index in [0.29, 0.717) is 43.7 Å². The topological polar surface area (TPSA) is 232 Å². The molecular formula is C36H35F12N9O7. The number of carboxylic acids is 3. The fourth-order valence-electron chi connectivity index (χ4n) is 6.38. The molecule has 3 aliphatic rings. The molecule has 2 aliphatic carbocycles. The van der Waals surface area contributed by atoms with Gasteiger partial charge < -0.3 is 30.4 Å². The molecule has 0 bridgehead atoms. The summed E-state index contributed by atoms with van der Waals surface area (Å²) in [5.41, 5.74) is 1.62. The van der Waals surface area contributed by atoms with E-state index in [4.69, 9.17) is 34.4 Å². The summed E-state index contributed by atoms with van der Waals surface area (Å²) in [7, 11) is 0. The molecular weight excluding hydrogens is 898 g/mol. The highest BCUT2D eigenvalue weighted by Gasteiger charge is 2.48. The van der Waals surface area contributed by atoms with Gasteiger partial charge in [0.1, 0.15) is 29.3 Å². The van der Waals surface area contributed by atoms with Gasteiger partial charge in [0.15, 0.2) is 0 Å².